The zero-order valence-electron chi connectivity index (χ0n) is 14.1. The van der Waals surface area contributed by atoms with E-state index < -0.39 is 5.66 Å². The van der Waals surface area contributed by atoms with Gasteiger partial charge in [-0.2, -0.15) is 0 Å². The Morgan fingerprint density at radius 1 is 1.12 bits per heavy atom. The number of hydrogen-bond acceptors (Lipinski definition) is 4. The van der Waals surface area contributed by atoms with E-state index in [1.165, 1.54) is 0 Å². The van der Waals surface area contributed by atoms with Crippen LogP contribution >= 0.6 is 28.1 Å². The number of ether oxygens (including phenoxy) is 1. The molecular formula is C19H17BrN2O2S. The largest absolute Gasteiger partial charge is 0.497 e. The van der Waals surface area contributed by atoms with E-state index in [1.807, 2.05) is 38.1 Å². The maximum atomic E-state index is 13.0. The molecule has 1 amide bonds. The Hall–Kier alpha value is -2.05. The Labute approximate surface area is 160 Å². The van der Waals surface area contributed by atoms with Crippen LogP contribution in [0.15, 0.2) is 58.0 Å². The summed E-state index contributed by atoms with van der Waals surface area (Å²) in [7, 11) is 1.59. The number of thiocarbonyl (C=S) groups is 1. The fourth-order valence-electron chi connectivity index (χ4n) is 2.73. The maximum Gasteiger partial charge on any atom is 0.260 e. The summed E-state index contributed by atoms with van der Waals surface area (Å²) in [6, 6.07) is 14.7. The predicted octanol–water partition coefficient (Wildman–Crippen LogP) is 4.47. The average molecular weight is 417 g/mol. The summed E-state index contributed by atoms with van der Waals surface area (Å²) >= 11 is 9.01. The number of methoxy groups -OCH3 is 1. The normalized spacial score (nSPS) is 15.9. The van der Waals surface area contributed by atoms with Gasteiger partial charge < -0.3 is 4.74 Å². The molecule has 0 aromatic heterocycles. The molecule has 0 fully saturated rings. The summed E-state index contributed by atoms with van der Waals surface area (Å²) in [5.41, 5.74) is 1.36. The van der Waals surface area contributed by atoms with Crippen molar-refractivity contribution in [2.75, 3.05) is 7.11 Å². The van der Waals surface area contributed by atoms with Gasteiger partial charge in [0.1, 0.15) is 22.1 Å². The molecule has 0 saturated heterocycles. The monoisotopic (exact) mass is 416 g/mol. The van der Waals surface area contributed by atoms with E-state index in [2.05, 4.69) is 15.9 Å². The Kier molecular flexibility index (Phi) is 4.75. The molecule has 1 heterocycles. The van der Waals surface area contributed by atoms with E-state index in [9.17, 15) is 4.79 Å². The average Bonchev–Trinajstić information content (AvgIpc) is 2.84. The molecule has 0 aliphatic carbocycles. The number of carbonyl (C=O) groups is 1. The Morgan fingerprint density at radius 3 is 2.28 bits per heavy atom. The van der Waals surface area contributed by atoms with Crippen LogP contribution < -0.4 is 4.74 Å². The molecule has 0 N–H and O–H groups in total. The standard InChI is InChI=1S/C19H17BrN2O2S/c1-19(2)21-16(12-4-8-14(20)9-5-12)18(25)22(19)17(23)13-6-10-15(24-3)11-7-13/h4-11H,1-3H3. The molecule has 0 bridgehead atoms. The van der Waals surface area contributed by atoms with Gasteiger partial charge >= 0.3 is 0 Å². The fourth-order valence-corrected chi connectivity index (χ4v) is 3.46. The molecule has 2 aromatic carbocycles. The summed E-state index contributed by atoms with van der Waals surface area (Å²) in [5.74, 6) is 0.528. The molecule has 128 valence electrons. The summed E-state index contributed by atoms with van der Waals surface area (Å²) < 4.78 is 6.12. The lowest BCUT2D eigenvalue weighted by atomic mass is 10.1. The van der Waals surface area contributed by atoms with E-state index in [4.69, 9.17) is 21.9 Å². The van der Waals surface area contributed by atoms with Gasteiger partial charge in [-0.25, -0.2) is 0 Å². The van der Waals surface area contributed by atoms with Gasteiger partial charge in [-0.1, -0.05) is 40.3 Å². The smallest absolute Gasteiger partial charge is 0.260 e. The highest BCUT2D eigenvalue weighted by Gasteiger charge is 2.42. The van der Waals surface area contributed by atoms with Crippen LogP contribution in [-0.4, -0.2) is 34.3 Å². The zero-order valence-corrected chi connectivity index (χ0v) is 16.5. The Morgan fingerprint density at radius 2 is 1.72 bits per heavy atom. The van der Waals surface area contributed by atoms with Crippen molar-refractivity contribution in [1.29, 1.82) is 0 Å². The van der Waals surface area contributed by atoms with Gasteiger partial charge in [-0.3, -0.25) is 14.7 Å². The highest BCUT2D eigenvalue weighted by Crippen LogP contribution is 2.30. The first-order valence-corrected chi connectivity index (χ1v) is 8.92. The molecule has 0 unspecified atom stereocenters. The van der Waals surface area contributed by atoms with Gasteiger partial charge in [0.2, 0.25) is 0 Å². The third kappa shape index (κ3) is 3.37. The second-order valence-electron chi connectivity index (χ2n) is 6.14. The molecule has 0 spiro atoms. The highest BCUT2D eigenvalue weighted by atomic mass is 79.9. The minimum atomic E-state index is -0.740. The van der Waals surface area contributed by atoms with Crippen molar-refractivity contribution < 1.29 is 9.53 Å². The zero-order chi connectivity index (χ0) is 18.2. The summed E-state index contributed by atoms with van der Waals surface area (Å²) in [4.78, 5) is 19.7. The maximum absolute atomic E-state index is 13.0. The van der Waals surface area contributed by atoms with Crippen LogP contribution in [0, 0.1) is 0 Å². The van der Waals surface area contributed by atoms with Gasteiger partial charge in [0, 0.05) is 15.6 Å². The number of halogens is 1. The van der Waals surface area contributed by atoms with E-state index in [-0.39, 0.29) is 5.91 Å². The molecule has 0 atom stereocenters. The molecular weight excluding hydrogens is 400 g/mol. The van der Waals surface area contributed by atoms with Crippen LogP contribution in [0.2, 0.25) is 0 Å². The first-order chi connectivity index (χ1) is 11.8. The molecule has 0 radical (unpaired) electrons. The predicted molar refractivity (Wildman–Crippen MR) is 107 cm³/mol. The van der Waals surface area contributed by atoms with Crippen LogP contribution in [0.3, 0.4) is 0 Å². The van der Waals surface area contributed by atoms with Crippen LogP contribution in [0.25, 0.3) is 0 Å². The number of nitrogens with zero attached hydrogens (tertiary/aromatic N) is 2. The van der Waals surface area contributed by atoms with E-state index in [0.717, 1.165) is 10.0 Å². The number of rotatable bonds is 3. The van der Waals surface area contributed by atoms with Gasteiger partial charge in [-0.15, -0.1) is 0 Å². The van der Waals surface area contributed by atoms with Crippen LogP contribution in [0.5, 0.6) is 5.75 Å². The van der Waals surface area contributed by atoms with Crippen LogP contribution in [-0.2, 0) is 0 Å². The van der Waals surface area contributed by atoms with Crippen LogP contribution in [0.4, 0.5) is 0 Å². The SMILES string of the molecule is COc1ccc(C(=O)N2C(=S)C(c3ccc(Br)cc3)=NC2(C)C)cc1. The van der Waals surface area contributed by atoms with Crippen molar-refractivity contribution in [3.8, 4) is 5.75 Å². The first-order valence-electron chi connectivity index (χ1n) is 7.72. The molecule has 2 aromatic rings. The van der Waals surface area contributed by atoms with E-state index in [0.29, 0.717) is 22.0 Å². The number of carbonyl (C=O) groups excluding carboxylic acids is 1. The Balaban J connectivity index is 1.93. The van der Waals surface area contributed by atoms with E-state index >= 15 is 0 Å². The molecule has 0 saturated carbocycles. The number of hydrogen-bond donors (Lipinski definition) is 0. The summed E-state index contributed by atoms with van der Waals surface area (Å²) in [6.45, 7) is 3.76. The van der Waals surface area contributed by atoms with Crippen molar-refractivity contribution in [3.05, 3.63) is 64.1 Å². The lowest BCUT2D eigenvalue weighted by molar-refractivity contribution is 0.0758. The number of aliphatic imine (C=N–C) groups is 1. The van der Waals surface area contributed by atoms with Crippen molar-refractivity contribution >= 4 is 44.8 Å². The topological polar surface area (TPSA) is 41.9 Å². The van der Waals surface area contributed by atoms with Crippen molar-refractivity contribution in [3.63, 3.8) is 0 Å². The quantitative estimate of drug-likeness (QED) is 0.693. The van der Waals surface area contributed by atoms with Crippen molar-refractivity contribution in [2.45, 2.75) is 19.5 Å². The Bertz CT molecular complexity index is 858. The second kappa shape index (κ2) is 6.69. The van der Waals surface area contributed by atoms with Crippen molar-refractivity contribution in [2.24, 2.45) is 4.99 Å². The highest BCUT2D eigenvalue weighted by molar-refractivity contribution is 9.10. The second-order valence-corrected chi connectivity index (χ2v) is 7.44. The molecule has 4 nitrogen and oxygen atoms in total. The van der Waals surface area contributed by atoms with Crippen LogP contribution in [0.1, 0.15) is 29.8 Å². The third-order valence-corrected chi connectivity index (χ3v) is 4.90. The fraction of sp³-hybridized carbons (Fsp3) is 0.211. The number of benzene rings is 2. The molecule has 3 rings (SSSR count). The summed E-state index contributed by atoms with van der Waals surface area (Å²) in [6.07, 6.45) is 0. The number of amides is 1. The third-order valence-electron chi connectivity index (χ3n) is 4.00. The van der Waals surface area contributed by atoms with Gasteiger partial charge in [0.15, 0.2) is 0 Å². The summed E-state index contributed by atoms with van der Waals surface area (Å²) in [5, 5.41) is 0. The minimum absolute atomic E-state index is 0.173. The van der Waals surface area contributed by atoms with Crippen molar-refractivity contribution in [1.82, 2.24) is 4.90 Å². The molecule has 1 aliphatic rings. The molecule has 25 heavy (non-hydrogen) atoms. The van der Waals surface area contributed by atoms with Gasteiger partial charge in [0.05, 0.1) is 7.11 Å². The lowest BCUT2D eigenvalue weighted by Gasteiger charge is -2.29. The lowest BCUT2D eigenvalue weighted by Crippen LogP contribution is -2.46. The van der Waals surface area contributed by atoms with Gasteiger partial charge in [0.25, 0.3) is 5.91 Å². The van der Waals surface area contributed by atoms with Gasteiger partial charge in [-0.05, 0) is 50.2 Å². The van der Waals surface area contributed by atoms with E-state index in [1.54, 1.807) is 36.3 Å². The minimum Gasteiger partial charge on any atom is -0.497 e. The molecule has 1 aliphatic heterocycles. The molecule has 6 heteroatoms. The first kappa shape index (κ1) is 17.8.